The van der Waals surface area contributed by atoms with Crippen LogP contribution in [0.4, 0.5) is 0 Å². The molecule has 0 bridgehead atoms. The van der Waals surface area contributed by atoms with Gasteiger partial charge in [0.2, 0.25) is 0 Å². The molecule has 1 saturated heterocycles. The van der Waals surface area contributed by atoms with Crippen molar-refractivity contribution in [1.82, 2.24) is 0 Å². The molecule has 1 heterocycles. The zero-order valence-electron chi connectivity index (χ0n) is 7.55. The van der Waals surface area contributed by atoms with E-state index in [9.17, 15) is 18.6 Å². The van der Waals surface area contributed by atoms with Gasteiger partial charge in [0, 0.05) is 0 Å². The van der Waals surface area contributed by atoms with E-state index in [1.807, 2.05) is 0 Å². The molecular formula is C6H12O8S. The molecule has 1 fully saturated rings. The minimum Gasteiger partial charge on any atom is -0.388 e. The van der Waals surface area contributed by atoms with Gasteiger partial charge in [-0.25, -0.2) is 4.18 Å². The molecule has 0 amide bonds. The minimum atomic E-state index is -4.61. The number of aliphatic hydroxyl groups is 3. The van der Waals surface area contributed by atoms with Gasteiger partial charge in [-0.2, -0.15) is 8.42 Å². The quantitative estimate of drug-likeness (QED) is 0.394. The summed E-state index contributed by atoms with van der Waals surface area (Å²) in [5.74, 6) is 0. The average Bonchev–Trinajstić information content (AvgIpc) is 2.12. The van der Waals surface area contributed by atoms with Crippen LogP contribution in [0.25, 0.3) is 0 Å². The molecule has 0 aromatic rings. The Balaban J connectivity index is 2.50. The van der Waals surface area contributed by atoms with E-state index in [4.69, 9.17) is 14.4 Å². The molecule has 0 saturated carbocycles. The molecule has 0 aliphatic carbocycles. The number of ether oxygens (including phenoxy) is 1. The van der Waals surface area contributed by atoms with Crippen LogP contribution >= 0.6 is 0 Å². The van der Waals surface area contributed by atoms with Crippen LogP contribution in [0.5, 0.6) is 0 Å². The second-order valence-corrected chi connectivity index (χ2v) is 4.22. The summed E-state index contributed by atoms with van der Waals surface area (Å²) in [7, 11) is -4.61. The smallest absolute Gasteiger partial charge is 0.388 e. The molecule has 90 valence electrons. The zero-order valence-corrected chi connectivity index (χ0v) is 8.37. The maximum absolute atomic E-state index is 10.2. The highest BCUT2D eigenvalue weighted by molar-refractivity contribution is 7.80. The number of rotatable bonds is 3. The lowest BCUT2D eigenvalue weighted by Gasteiger charge is -2.34. The molecule has 0 aromatic carbocycles. The zero-order chi connectivity index (χ0) is 11.6. The van der Waals surface area contributed by atoms with E-state index in [1.165, 1.54) is 0 Å². The first-order valence-corrected chi connectivity index (χ1v) is 5.45. The molecule has 1 rings (SSSR count). The van der Waals surface area contributed by atoms with Gasteiger partial charge in [0.15, 0.2) is 0 Å². The van der Waals surface area contributed by atoms with Crippen molar-refractivity contribution in [3.8, 4) is 0 Å². The second-order valence-electron chi connectivity index (χ2n) is 3.13. The summed E-state index contributed by atoms with van der Waals surface area (Å²) in [5.41, 5.74) is 0. The van der Waals surface area contributed by atoms with Gasteiger partial charge in [0.05, 0.1) is 13.2 Å². The second kappa shape index (κ2) is 4.70. The van der Waals surface area contributed by atoms with Crippen molar-refractivity contribution in [3.63, 3.8) is 0 Å². The third-order valence-corrected chi connectivity index (χ3v) is 2.42. The van der Waals surface area contributed by atoms with Gasteiger partial charge < -0.3 is 20.1 Å². The predicted octanol–water partition coefficient (Wildman–Crippen LogP) is -2.71. The molecule has 1 aliphatic rings. The van der Waals surface area contributed by atoms with Crippen LogP contribution < -0.4 is 0 Å². The Morgan fingerprint density at radius 2 is 1.87 bits per heavy atom. The minimum absolute atomic E-state index is 0.252. The summed E-state index contributed by atoms with van der Waals surface area (Å²) >= 11 is 0. The van der Waals surface area contributed by atoms with E-state index in [0.717, 1.165) is 0 Å². The summed E-state index contributed by atoms with van der Waals surface area (Å²) in [6.07, 6.45) is -5.27. The van der Waals surface area contributed by atoms with Crippen LogP contribution in [0.2, 0.25) is 0 Å². The highest BCUT2D eigenvalue weighted by Gasteiger charge is 2.38. The third kappa shape index (κ3) is 3.65. The molecule has 8 nitrogen and oxygen atoms in total. The van der Waals surface area contributed by atoms with Crippen molar-refractivity contribution in [2.45, 2.75) is 24.4 Å². The Morgan fingerprint density at radius 1 is 1.27 bits per heavy atom. The first-order chi connectivity index (χ1) is 6.81. The van der Waals surface area contributed by atoms with Crippen molar-refractivity contribution >= 4 is 10.4 Å². The Bertz CT molecular complexity index is 300. The van der Waals surface area contributed by atoms with Gasteiger partial charge in [-0.05, 0) is 0 Å². The van der Waals surface area contributed by atoms with Crippen LogP contribution in [-0.2, 0) is 19.3 Å². The first kappa shape index (κ1) is 12.8. The van der Waals surface area contributed by atoms with Crippen LogP contribution in [-0.4, -0.2) is 65.9 Å². The average molecular weight is 244 g/mol. The molecular weight excluding hydrogens is 232 g/mol. The normalized spacial score (nSPS) is 37.9. The van der Waals surface area contributed by atoms with Gasteiger partial charge >= 0.3 is 10.4 Å². The lowest BCUT2D eigenvalue weighted by Crippen LogP contribution is -2.54. The standard InChI is InChI=1S/C6H12O8S/c7-3-1-13-4(6(9)5(3)8)2-14-15(10,11)12/h3-9H,1-2H2,(H,10,11,12)/t3-,4+,5+,6-/m0/s1. The Morgan fingerprint density at radius 3 is 2.40 bits per heavy atom. The van der Waals surface area contributed by atoms with Crippen LogP contribution in [0.1, 0.15) is 0 Å². The summed E-state index contributed by atoms with van der Waals surface area (Å²) in [5, 5.41) is 27.6. The lowest BCUT2D eigenvalue weighted by molar-refractivity contribution is -0.193. The number of hydrogen-bond donors (Lipinski definition) is 4. The van der Waals surface area contributed by atoms with Crippen molar-refractivity contribution in [2.24, 2.45) is 0 Å². The molecule has 0 radical (unpaired) electrons. The van der Waals surface area contributed by atoms with Crippen LogP contribution in [0, 0.1) is 0 Å². The highest BCUT2D eigenvalue weighted by atomic mass is 32.3. The van der Waals surface area contributed by atoms with Gasteiger partial charge in [-0.15, -0.1) is 0 Å². The first-order valence-electron chi connectivity index (χ1n) is 4.09. The largest absolute Gasteiger partial charge is 0.397 e. The monoisotopic (exact) mass is 244 g/mol. The molecule has 1 aliphatic heterocycles. The van der Waals surface area contributed by atoms with E-state index in [1.54, 1.807) is 0 Å². The Labute approximate surface area is 86.0 Å². The topological polar surface area (TPSA) is 134 Å². The van der Waals surface area contributed by atoms with Gasteiger partial charge in [-0.1, -0.05) is 0 Å². The van der Waals surface area contributed by atoms with Crippen molar-refractivity contribution < 1.29 is 37.2 Å². The maximum atomic E-state index is 10.2. The van der Waals surface area contributed by atoms with E-state index in [-0.39, 0.29) is 6.61 Å². The van der Waals surface area contributed by atoms with Gasteiger partial charge in [0.1, 0.15) is 24.4 Å². The van der Waals surface area contributed by atoms with Gasteiger partial charge in [-0.3, -0.25) is 4.55 Å². The molecule has 15 heavy (non-hydrogen) atoms. The molecule has 4 atom stereocenters. The van der Waals surface area contributed by atoms with E-state index in [0.29, 0.717) is 0 Å². The van der Waals surface area contributed by atoms with Crippen LogP contribution in [0.3, 0.4) is 0 Å². The molecule has 4 N–H and O–H groups in total. The molecule has 0 unspecified atom stereocenters. The van der Waals surface area contributed by atoms with Crippen molar-refractivity contribution in [3.05, 3.63) is 0 Å². The molecule has 9 heteroatoms. The summed E-state index contributed by atoms with van der Waals surface area (Å²) < 4.78 is 37.5. The summed E-state index contributed by atoms with van der Waals surface area (Å²) in [6.45, 7) is -0.887. The Kier molecular flexibility index (Phi) is 4.00. The molecule has 0 spiro atoms. The summed E-state index contributed by atoms with van der Waals surface area (Å²) in [4.78, 5) is 0. The fourth-order valence-corrected chi connectivity index (χ4v) is 1.47. The predicted molar refractivity (Wildman–Crippen MR) is 45.3 cm³/mol. The van der Waals surface area contributed by atoms with E-state index >= 15 is 0 Å². The summed E-state index contributed by atoms with van der Waals surface area (Å²) in [6, 6.07) is 0. The van der Waals surface area contributed by atoms with E-state index < -0.39 is 41.4 Å². The Hall–Kier alpha value is -0.290. The third-order valence-electron chi connectivity index (χ3n) is 1.99. The fraction of sp³-hybridized carbons (Fsp3) is 1.00. The highest BCUT2D eigenvalue weighted by Crippen LogP contribution is 2.16. The lowest BCUT2D eigenvalue weighted by atomic mass is 10.0. The van der Waals surface area contributed by atoms with Crippen molar-refractivity contribution in [2.75, 3.05) is 13.2 Å². The maximum Gasteiger partial charge on any atom is 0.397 e. The van der Waals surface area contributed by atoms with Gasteiger partial charge in [0.25, 0.3) is 0 Å². The van der Waals surface area contributed by atoms with Crippen molar-refractivity contribution in [1.29, 1.82) is 0 Å². The SMILES string of the molecule is O=S(=O)(O)OC[C@H]1OC[C@H](O)[C@@H](O)[C@H]1O. The molecule has 0 aromatic heterocycles. The number of aliphatic hydroxyl groups excluding tert-OH is 3. The van der Waals surface area contributed by atoms with E-state index in [2.05, 4.69) is 4.18 Å². The number of hydrogen-bond acceptors (Lipinski definition) is 7. The fourth-order valence-electron chi connectivity index (χ4n) is 1.17. The van der Waals surface area contributed by atoms with Crippen LogP contribution in [0.15, 0.2) is 0 Å².